The van der Waals surface area contributed by atoms with Crippen molar-refractivity contribution in [3.05, 3.63) is 42.2 Å². The Kier molecular flexibility index (Phi) is 9.60. The molecule has 30 heavy (non-hydrogen) atoms. The topological polar surface area (TPSA) is 77.1 Å². The molecule has 7 nitrogen and oxygen atoms in total. The monoisotopic (exact) mass is 422 g/mol. The fourth-order valence-corrected chi connectivity index (χ4v) is 3.16. The molecule has 2 amide bonds. The van der Waals surface area contributed by atoms with Crippen molar-refractivity contribution in [3.8, 4) is 5.75 Å². The fourth-order valence-electron chi connectivity index (χ4n) is 3.16. The number of nitrogens with one attached hydrogen (secondary N) is 1. The average Bonchev–Trinajstić information content (AvgIpc) is 2.72. The number of ether oxygens (including phenoxy) is 3. The fraction of sp³-hybridized carbons (Fsp3) is 0.545. The van der Waals surface area contributed by atoms with Gasteiger partial charge in [0.2, 0.25) is 5.91 Å². The van der Waals surface area contributed by atoms with E-state index in [0.717, 1.165) is 5.56 Å². The molecule has 1 aromatic rings. The van der Waals surface area contributed by atoms with E-state index in [0.29, 0.717) is 51.4 Å². The Morgan fingerprint density at radius 1 is 1.27 bits per heavy atom. The van der Waals surface area contributed by atoms with Crippen LogP contribution in [0, 0.1) is 5.82 Å². The largest absolute Gasteiger partial charge is 0.491 e. The van der Waals surface area contributed by atoms with Crippen LogP contribution in [0.3, 0.4) is 0 Å². The van der Waals surface area contributed by atoms with Crippen LogP contribution in [0.2, 0.25) is 0 Å². The van der Waals surface area contributed by atoms with Crippen molar-refractivity contribution in [1.82, 2.24) is 10.2 Å². The van der Waals surface area contributed by atoms with Crippen molar-refractivity contribution in [2.75, 3.05) is 39.5 Å². The van der Waals surface area contributed by atoms with Gasteiger partial charge in [-0.25, -0.2) is 9.18 Å². The second-order valence-electron chi connectivity index (χ2n) is 7.36. The molecule has 1 aliphatic heterocycles. The summed E-state index contributed by atoms with van der Waals surface area (Å²) >= 11 is 0. The lowest BCUT2D eigenvalue weighted by molar-refractivity contribution is -0.127. The first kappa shape index (κ1) is 23.7. The molecule has 0 aliphatic carbocycles. The van der Waals surface area contributed by atoms with Crippen LogP contribution in [-0.2, 0) is 14.3 Å². The van der Waals surface area contributed by atoms with Gasteiger partial charge in [0.05, 0.1) is 13.2 Å². The van der Waals surface area contributed by atoms with Gasteiger partial charge in [-0.05, 0) is 23.6 Å². The highest BCUT2D eigenvalue weighted by Gasteiger charge is 2.23. The number of hydrogen-bond acceptors (Lipinski definition) is 5. The molecule has 0 spiro atoms. The van der Waals surface area contributed by atoms with Crippen LogP contribution in [0.25, 0.3) is 0 Å². The van der Waals surface area contributed by atoms with E-state index in [1.54, 1.807) is 11.0 Å². The van der Waals surface area contributed by atoms with Crippen molar-refractivity contribution in [2.24, 2.45) is 0 Å². The van der Waals surface area contributed by atoms with Gasteiger partial charge in [-0.2, -0.15) is 0 Å². The van der Waals surface area contributed by atoms with Gasteiger partial charge >= 0.3 is 6.09 Å². The molecule has 0 atom stereocenters. The second-order valence-corrected chi connectivity index (χ2v) is 7.36. The summed E-state index contributed by atoms with van der Waals surface area (Å²) < 4.78 is 29.8. The predicted molar refractivity (Wildman–Crippen MR) is 111 cm³/mol. The summed E-state index contributed by atoms with van der Waals surface area (Å²) in [5.74, 6) is 0.315. The normalized spacial score (nSPS) is 14.5. The maximum absolute atomic E-state index is 13.4. The van der Waals surface area contributed by atoms with E-state index in [1.807, 2.05) is 13.8 Å². The van der Waals surface area contributed by atoms with Gasteiger partial charge < -0.3 is 24.4 Å². The maximum Gasteiger partial charge on any atom is 0.407 e. The molecule has 0 unspecified atom stereocenters. The van der Waals surface area contributed by atoms with E-state index >= 15 is 0 Å². The van der Waals surface area contributed by atoms with Gasteiger partial charge in [-0.1, -0.05) is 26.5 Å². The lowest BCUT2D eigenvalue weighted by atomic mass is 10.0. The zero-order valence-corrected chi connectivity index (χ0v) is 17.7. The first-order valence-electron chi connectivity index (χ1n) is 10.3. The Morgan fingerprint density at radius 3 is 2.67 bits per heavy atom. The first-order chi connectivity index (χ1) is 14.4. The number of rotatable bonds is 10. The molecule has 1 aromatic carbocycles. The molecule has 1 aliphatic rings. The summed E-state index contributed by atoms with van der Waals surface area (Å²) in [4.78, 5) is 25.1. The summed E-state index contributed by atoms with van der Waals surface area (Å²) in [6.45, 7) is 9.84. The van der Waals surface area contributed by atoms with Crippen LogP contribution in [0.15, 0.2) is 30.9 Å². The molecule has 0 aromatic heterocycles. The molecule has 0 radical (unpaired) electrons. The zero-order chi connectivity index (χ0) is 21.9. The number of amides is 2. The van der Waals surface area contributed by atoms with E-state index in [4.69, 9.17) is 14.2 Å². The van der Waals surface area contributed by atoms with Crippen LogP contribution >= 0.6 is 0 Å². The van der Waals surface area contributed by atoms with Gasteiger partial charge in [-0.15, -0.1) is 0 Å². The first-order valence-corrected chi connectivity index (χ1v) is 10.3. The molecule has 1 heterocycles. The quantitative estimate of drug-likeness (QED) is 0.463. The minimum Gasteiger partial charge on any atom is -0.491 e. The van der Waals surface area contributed by atoms with Gasteiger partial charge in [-0.3, -0.25) is 4.79 Å². The number of alkyl carbamates (subject to hydrolysis) is 1. The second kappa shape index (κ2) is 12.2. The Bertz CT molecular complexity index is 717. The Hall–Kier alpha value is -2.61. The SMILES string of the molecule is C=CC(=O)N1CCC(OC(=O)NCCOCCOc2cc(F)ccc2C(C)C)CC1. The van der Waals surface area contributed by atoms with E-state index in [1.165, 1.54) is 18.2 Å². The highest BCUT2D eigenvalue weighted by molar-refractivity contribution is 5.87. The summed E-state index contributed by atoms with van der Waals surface area (Å²) in [6, 6.07) is 4.53. The van der Waals surface area contributed by atoms with Crippen molar-refractivity contribution >= 4 is 12.0 Å². The molecular weight excluding hydrogens is 391 g/mol. The Balaban J connectivity index is 1.55. The number of benzene rings is 1. The van der Waals surface area contributed by atoms with E-state index in [2.05, 4.69) is 11.9 Å². The standard InChI is InChI=1S/C22H31FN2O5/c1-4-21(26)25-10-7-18(8-11-25)30-22(27)24-9-12-28-13-14-29-20-15-17(23)5-6-19(20)16(2)3/h4-6,15-16,18H,1,7-14H2,2-3H3,(H,24,27). The Labute approximate surface area is 177 Å². The third-order valence-electron chi connectivity index (χ3n) is 4.80. The summed E-state index contributed by atoms with van der Waals surface area (Å²) in [6.07, 6.45) is 1.82. The van der Waals surface area contributed by atoms with Crippen LogP contribution in [-0.4, -0.2) is 62.5 Å². The molecule has 8 heteroatoms. The highest BCUT2D eigenvalue weighted by atomic mass is 19.1. The van der Waals surface area contributed by atoms with Crippen LogP contribution in [0.5, 0.6) is 5.75 Å². The smallest absolute Gasteiger partial charge is 0.407 e. The minimum absolute atomic E-state index is 0.100. The van der Waals surface area contributed by atoms with Gasteiger partial charge in [0.15, 0.2) is 0 Å². The lowest BCUT2D eigenvalue weighted by Gasteiger charge is -2.30. The van der Waals surface area contributed by atoms with Gasteiger partial charge in [0.1, 0.15) is 24.3 Å². The molecule has 1 N–H and O–H groups in total. The number of nitrogens with zero attached hydrogens (tertiary/aromatic N) is 1. The molecular formula is C22H31FN2O5. The van der Waals surface area contributed by atoms with Crippen LogP contribution in [0.4, 0.5) is 9.18 Å². The van der Waals surface area contributed by atoms with Gasteiger partial charge in [0, 0.05) is 38.5 Å². The van der Waals surface area contributed by atoms with Crippen molar-refractivity contribution in [3.63, 3.8) is 0 Å². The summed E-state index contributed by atoms with van der Waals surface area (Å²) in [7, 11) is 0. The number of hydrogen-bond donors (Lipinski definition) is 1. The minimum atomic E-state index is -0.496. The molecule has 1 saturated heterocycles. The van der Waals surface area contributed by atoms with E-state index < -0.39 is 6.09 Å². The summed E-state index contributed by atoms with van der Waals surface area (Å²) in [5.41, 5.74) is 0.945. The van der Waals surface area contributed by atoms with E-state index in [9.17, 15) is 14.0 Å². The Morgan fingerprint density at radius 2 is 2.00 bits per heavy atom. The number of piperidine rings is 1. The van der Waals surface area contributed by atoms with Gasteiger partial charge in [0.25, 0.3) is 0 Å². The number of carbonyl (C=O) groups is 2. The predicted octanol–water partition coefficient (Wildman–Crippen LogP) is 3.25. The average molecular weight is 422 g/mol. The summed E-state index contributed by atoms with van der Waals surface area (Å²) in [5, 5.41) is 2.64. The maximum atomic E-state index is 13.4. The molecule has 2 rings (SSSR count). The van der Waals surface area contributed by atoms with Crippen molar-refractivity contribution in [2.45, 2.75) is 38.7 Å². The number of carbonyl (C=O) groups excluding carboxylic acids is 2. The highest BCUT2D eigenvalue weighted by Crippen LogP contribution is 2.27. The van der Waals surface area contributed by atoms with Crippen LogP contribution < -0.4 is 10.1 Å². The zero-order valence-electron chi connectivity index (χ0n) is 17.7. The molecule has 0 saturated carbocycles. The third kappa shape index (κ3) is 7.67. The van der Waals surface area contributed by atoms with E-state index in [-0.39, 0.29) is 30.4 Å². The number of likely N-dealkylation sites (tertiary alicyclic amines) is 1. The third-order valence-corrected chi connectivity index (χ3v) is 4.80. The molecule has 1 fully saturated rings. The van der Waals surface area contributed by atoms with Crippen molar-refractivity contribution < 1.29 is 28.2 Å². The molecule has 0 bridgehead atoms. The van der Waals surface area contributed by atoms with Crippen molar-refractivity contribution in [1.29, 1.82) is 0 Å². The van der Waals surface area contributed by atoms with Crippen LogP contribution in [0.1, 0.15) is 38.2 Å². The number of halogens is 1. The molecule has 166 valence electrons. The lowest BCUT2D eigenvalue weighted by Crippen LogP contribution is -2.42.